The molecular weight excluding hydrogens is 315 g/mol. The van der Waals surface area contributed by atoms with E-state index in [9.17, 15) is 9.59 Å². The largest absolute Gasteiger partial charge is 0.481 e. The van der Waals surface area contributed by atoms with Gasteiger partial charge in [0.1, 0.15) is 0 Å². The Morgan fingerprint density at radius 2 is 1.62 bits per heavy atom. The first kappa shape index (κ1) is 17.6. The van der Waals surface area contributed by atoms with Gasteiger partial charge in [-0.3, -0.25) is 4.79 Å². The van der Waals surface area contributed by atoms with Crippen LogP contribution in [-0.2, 0) is 4.79 Å². The summed E-state index contributed by atoms with van der Waals surface area (Å²) in [6, 6.07) is 4.49. The van der Waals surface area contributed by atoms with E-state index < -0.39 is 5.97 Å². The summed E-state index contributed by atoms with van der Waals surface area (Å²) in [7, 11) is 0. The molecule has 0 atom stereocenters. The van der Waals surface area contributed by atoms with Crippen molar-refractivity contribution in [2.45, 2.75) is 32.1 Å². The number of carbonyl (C=O) groups is 2. The quantitative estimate of drug-likeness (QED) is 0.625. The minimum atomic E-state index is -0.771. The van der Waals surface area contributed by atoms with Crippen LogP contribution in [0.5, 0.6) is 0 Å². The molecule has 3 N–H and O–H groups in total. The molecule has 0 saturated heterocycles. The van der Waals surface area contributed by atoms with Crippen molar-refractivity contribution in [2.24, 2.45) is 0 Å². The van der Waals surface area contributed by atoms with Crippen LogP contribution in [-0.4, -0.2) is 23.7 Å². The molecule has 21 heavy (non-hydrogen) atoms. The zero-order valence-corrected chi connectivity index (χ0v) is 13.0. The van der Waals surface area contributed by atoms with E-state index in [2.05, 4.69) is 10.6 Å². The standard InChI is InChI=1S/C14H18Cl2N2O3/c15-10-7-11(16)9-12(8-10)18-14(21)17-6-4-2-1-3-5-13(19)20/h7-9H,1-6H2,(H,19,20)(H2,17,18,21). The second kappa shape index (κ2) is 9.47. The molecule has 0 radical (unpaired) electrons. The number of amides is 2. The molecule has 116 valence electrons. The SMILES string of the molecule is O=C(O)CCCCCCNC(=O)Nc1cc(Cl)cc(Cl)c1. The third kappa shape index (κ3) is 8.42. The van der Waals surface area contributed by atoms with Crippen LogP contribution >= 0.6 is 23.2 Å². The van der Waals surface area contributed by atoms with Gasteiger partial charge >= 0.3 is 12.0 Å². The second-order valence-corrected chi connectivity index (χ2v) is 5.47. The van der Waals surface area contributed by atoms with Gasteiger partial charge in [-0.15, -0.1) is 0 Å². The predicted octanol–water partition coefficient (Wildman–Crippen LogP) is 4.15. The maximum absolute atomic E-state index is 11.6. The predicted molar refractivity (Wildman–Crippen MR) is 84.2 cm³/mol. The number of anilines is 1. The number of urea groups is 1. The maximum Gasteiger partial charge on any atom is 0.319 e. The first-order valence-electron chi connectivity index (χ1n) is 6.70. The molecule has 0 aliphatic heterocycles. The first-order valence-corrected chi connectivity index (χ1v) is 7.45. The van der Waals surface area contributed by atoms with Crippen LogP contribution in [0.3, 0.4) is 0 Å². The minimum Gasteiger partial charge on any atom is -0.481 e. The topological polar surface area (TPSA) is 78.4 Å². The van der Waals surface area contributed by atoms with Gasteiger partial charge in [-0.25, -0.2) is 4.79 Å². The van der Waals surface area contributed by atoms with Crippen molar-refractivity contribution in [1.29, 1.82) is 0 Å². The lowest BCUT2D eigenvalue weighted by Gasteiger charge is -2.08. The maximum atomic E-state index is 11.6. The summed E-state index contributed by atoms with van der Waals surface area (Å²) in [6.45, 7) is 0.535. The highest BCUT2D eigenvalue weighted by Crippen LogP contribution is 2.22. The zero-order valence-electron chi connectivity index (χ0n) is 11.5. The number of carboxylic acid groups (broad SMARTS) is 1. The molecule has 1 aromatic rings. The third-order valence-electron chi connectivity index (χ3n) is 2.72. The van der Waals surface area contributed by atoms with Gasteiger partial charge in [0.15, 0.2) is 0 Å². The van der Waals surface area contributed by atoms with Gasteiger partial charge in [0, 0.05) is 28.7 Å². The minimum absolute atomic E-state index is 0.198. The Morgan fingerprint density at radius 1 is 1.00 bits per heavy atom. The van der Waals surface area contributed by atoms with E-state index in [4.69, 9.17) is 28.3 Å². The van der Waals surface area contributed by atoms with Gasteiger partial charge in [0.05, 0.1) is 0 Å². The average molecular weight is 333 g/mol. The molecule has 2 amide bonds. The van der Waals surface area contributed by atoms with Crippen LogP contribution in [0.15, 0.2) is 18.2 Å². The highest BCUT2D eigenvalue weighted by atomic mass is 35.5. The van der Waals surface area contributed by atoms with Crippen LogP contribution in [0.25, 0.3) is 0 Å². The summed E-state index contributed by atoms with van der Waals surface area (Å²) in [5.41, 5.74) is 0.534. The number of carboxylic acids is 1. The Morgan fingerprint density at radius 3 is 2.24 bits per heavy atom. The summed E-state index contributed by atoms with van der Waals surface area (Å²) in [4.78, 5) is 21.9. The summed E-state index contributed by atoms with van der Waals surface area (Å²) in [5, 5.41) is 14.8. The average Bonchev–Trinajstić information content (AvgIpc) is 2.35. The highest BCUT2D eigenvalue weighted by Gasteiger charge is 2.03. The Labute approximate surface area is 133 Å². The molecule has 0 heterocycles. The Hall–Kier alpha value is -1.46. The molecule has 0 unspecified atom stereocenters. The van der Waals surface area contributed by atoms with Crippen molar-refractivity contribution in [3.8, 4) is 0 Å². The Bertz CT molecular complexity index is 475. The van der Waals surface area contributed by atoms with E-state index in [1.165, 1.54) is 0 Å². The molecule has 0 aliphatic carbocycles. The van der Waals surface area contributed by atoms with Gasteiger partial charge in [-0.05, 0) is 31.0 Å². The fourth-order valence-corrected chi connectivity index (χ4v) is 2.28. The lowest BCUT2D eigenvalue weighted by atomic mass is 10.1. The van der Waals surface area contributed by atoms with Crippen molar-refractivity contribution >= 4 is 40.9 Å². The third-order valence-corrected chi connectivity index (χ3v) is 3.16. The first-order chi connectivity index (χ1) is 9.97. The summed E-state index contributed by atoms with van der Waals surface area (Å²) in [5.74, 6) is -0.771. The number of benzene rings is 1. The molecule has 0 saturated carbocycles. The van der Waals surface area contributed by atoms with Gasteiger partial charge in [0.2, 0.25) is 0 Å². The zero-order chi connectivity index (χ0) is 15.7. The van der Waals surface area contributed by atoms with Crippen LogP contribution in [0.2, 0.25) is 10.0 Å². The number of carbonyl (C=O) groups excluding carboxylic acids is 1. The molecule has 0 aromatic heterocycles. The second-order valence-electron chi connectivity index (χ2n) is 4.60. The molecule has 0 fully saturated rings. The number of nitrogens with one attached hydrogen (secondary N) is 2. The van der Waals surface area contributed by atoms with Crippen LogP contribution in [0.1, 0.15) is 32.1 Å². The van der Waals surface area contributed by atoms with Crippen molar-refractivity contribution < 1.29 is 14.7 Å². The fraction of sp³-hybridized carbons (Fsp3) is 0.429. The normalized spacial score (nSPS) is 10.2. The number of hydrogen-bond acceptors (Lipinski definition) is 2. The Balaban J connectivity index is 2.15. The monoisotopic (exact) mass is 332 g/mol. The fourth-order valence-electron chi connectivity index (χ4n) is 1.76. The van der Waals surface area contributed by atoms with Crippen LogP contribution < -0.4 is 10.6 Å². The van der Waals surface area contributed by atoms with E-state index in [0.717, 1.165) is 19.3 Å². The number of hydrogen-bond donors (Lipinski definition) is 3. The molecule has 5 nitrogen and oxygen atoms in total. The van der Waals surface area contributed by atoms with Gasteiger partial charge < -0.3 is 15.7 Å². The molecule has 7 heteroatoms. The van der Waals surface area contributed by atoms with Crippen molar-refractivity contribution in [2.75, 3.05) is 11.9 Å². The van der Waals surface area contributed by atoms with Gasteiger partial charge in [0.25, 0.3) is 0 Å². The van der Waals surface area contributed by atoms with Crippen molar-refractivity contribution in [3.05, 3.63) is 28.2 Å². The number of rotatable bonds is 8. The van der Waals surface area contributed by atoms with E-state index in [-0.39, 0.29) is 12.5 Å². The summed E-state index contributed by atoms with van der Waals surface area (Å²) >= 11 is 11.7. The van der Waals surface area contributed by atoms with E-state index in [1.54, 1.807) is 18.2 Å². The van der Waals surface area contributed by atoms with E-state index >= 15 is 0 Å². The molecule has 1 aromatic carbocycles. The van der Waals surface area contributed by atoms with Crippen LogP contribution in [0, 0.1) is 0 Å². The lowest BCUT2D eigenvalue weighted by Crippen LogP contribution is -2.29. The molecule has 0 bridgehead atoms. The van der Waals surface area contributed by atoms with E-state index in [1.807, 2.05) is 0 Å². The molecule has 1 rings (SSSR count). The van der Waals surface area contributed by atoms with Crippen LogP contribution in [0.4, 0.5) is 10.5 Å². The number of aliphatic carboxylic acids is 1. The van der Waals surface area contributed by atoms with Gasteiger partial charge in [-0.1, -0.05) is 36.0 Å². The number of halogens is 2. The summed E-state index contributed by atoms with van der Waals surface area (Å²) < 4.78 is 0. The Kier molecular flexibility index (Phi) is 7.93. The molecule has 0 spiro atoms. The van der Waals surface area contributed by atoms with E-state index in [0.29, 0.717) is 28.7 Å². The van der Waals surface area contributed by atoms with Crippen molar-refractivity contribution in [3.63, 3.8) is 0 Å². The van der Waals surface area contributed by atoms with Crippen molar-refractivity contribution in [1.82, 2.24) is 5.32 Å². The number of unbranched alkanes of at least 4 members (excludes halogenated alkanes) is 3. The highest BCUT2D eigenvalue weighted by molar-refractivity contribution is 6.35. The molecule has 0 aliphatic rings. The smallest absolute Gasteiger partial charge is 0.319 e. The van der Waals surface area contributed by atoms with Gasteiger partial charge in [-0.2, -0.15) is 0 Å². The lowest BCUT2D eigenvalue weighted by molar-refractivity contribution is -0.137. The molecular formula is C14H18Cl2N2O3. The summed E-state index contributed by atoms with van der Waals surface area (Å²) in [6.07, 6.45) is 3.41.